The highest BCUT2D eigenvalue weighted by Crippen LogP contribution is 2.29. The second-order valence-corrected chi connectivity index (χ2v) is 17.6. The van der Waals surface area contributed by atoms with Gasteiger partial charge in [-0.05, 0) is 69.6 Å². The van der Waals surface area contributed by atoms with Crippen LogP contribution in [0.2, 0.25) is 0 Å². The van der Waals surface area contributed by atoms with Crippen LogP contribution < -0.4 is 10.6 Å². The standard InChI is InChI=1S/C36H56N4O6S2/c1-25(2)18-33(41)34(42)31(20-27-12-8-5-9-13-27)38-36(44)32(21-29-22-47-24-37-29)39-35(43)28(19-26-10-6-4-7-11-26)23-48(45,46)30-14-16-40(3)17-15-30/h4,6-7,10-11,22,24-25,27-28,30-34,41-42H,5,8-9,12-21,23H2,1-3H3,(H,38,44)(H,39,43)/t28-,31+,32+,33+,34-/m1/s1. The van der Waals surface area contributed by atoms with Crippen LogP contribution in [0, 0.1) is 17.8 Å². The number of hydrogen-bond donors (Lipinski definition) is 4. The van der Waals surface area contributed by atoms with E-state index in [9.17, 15) is 28.2 Å². The van der Waals surface area contributed by atoms with Gasteiger partial charge < -0.3 is 25.7 Å². The van der Waals surface area contributed by atoms with Crippen LogP contribution in [-0.4, -0.2) is 95.8 Å². The zero-order valence-electron chi connectivity index (χ0n) is 28.8. The molecule has 2 heterocycles. The Balaban J connectivity index is 1.56. The van der Waals surface area contributed by atoms with Gasteiger partial charge in [-0.1, -0.05) is 76.3 Å². The van der Waals surface area contributed by atoms with Gasteiger partial charge >= 0.3 is 0 Å². The predicted molar refractivity (Wildman–Crippen MR) is 190 cm³/mol. The number of carbonyl (C=O) groups excluding carboxylic acids is 2. The monoisotopic (exact) mass is 704 g/mol. The number of aliphatic hydroxyl groups excluding tert-OH is 2. The van der Waals surface area contributed by atoms with E-state index in [1.165, 1.54) is 17.8 Å². The Bertz CT molecular complexity index is 1360. The third-order valence-electron chi connectivity index (χ3n) is 9.99. The van der Waals surface area contributed by atoms with Crippen LogP contribution >= 0.6 is 11.3 Å². The Hall–Kier alpha value is -2.38. The first-order chi connectivity index (χ1) is 22.9. The molecule has 1 aliphatic carbocycles. The van der Waals surface area contributed by atoms with Crippen molar-refractivity contribution in [1.82, 2.24) is 20.5 Å². The molecule has 0 radical (unpaired) electrons. The maximum Gasteiger partial charge on any atom is 0.243 e. The fourth-order valence-corrected chi connectivity index (χ4v) is 9.77. The molecule has 0 unspecified atom stereocenters. The molecule has 12 heteroatoms. The van der Waals surface area contributed by atoms with Crippen LogP contribution in [0.15, 0.2) is 41.2 Å². The van der Waals surface area contributed by atoms with Gasteiger partial charge in [0.15, 0.2) is 9.84 Å². The number of likely N-dealkylation sites (tertiary alicyclic amines) is 1. The van der Waals surface area contributed by atoms with E-state index in [-0.39, 0.29) is 24.5 Å². The Morgan fingerprint density at radius 3 is 2.29 bits per heavy atom. The fraction of sp³-hybridized carbons (Fsp3) is 0.694. The molecule has 48 heavy (non-hydrogen) atoms. The zero-order valence-corrected chi connectivity index (χ0v) is 30.4. The first kappa shape index (κ1) is 38.4. The van der Waals surface area contributed by atoms with E-state index in [1.54, 1.807) is 5.51 Å². The Morgan fingerprint density at radius 2 is 1.67 bits per heavy atom. The molecule has 10 nitrogen and oxygen atoms in total. The molecule has 4 N–H and O–H groups in total. The summed E-state index contributed by atoms with van der Waals surface area (Å²) in [4.78, 5) is 34.6. The largest absolute Gasteiger partial charge is 0.390 e. The van der Waals surface area contributed by atoms with Crippen molar-refractivity contribution < 1.29 is 28.2 Å². The summed E-state index contributed by atoms with van der Waals surface area (Å²) in [7, 11) is -1.62. The summed E-state index contributed by atoms with van der Waals surface area (Å²) in [6.45, 7) is 5.33. The minimum absolute atomic E-state index is 0.113. The highest BCUT2D eigenvalue weighted by Gasteiger charge is 2.37. The molecule has 4 rings (SSSR count). The molecular weight excluding hydrogens is 649 g/mol. The zero-order chi connectivity index (χ0) is 34.7. The van der Waals surface area contributed by atoms with Crippen LogP contribution in [0.25, 0.3) is 0 Å². The predicted octanol–water partition coefficient (Wildman–Crippen LogP) is 3.76. The van der Waals surface area contributed by atoms with Crippen molar-refractivity contribution in [3.8, 4) is 0 Å². The second-order valence-electron chi connectivity index (χ2n) is 14.5. The van der Waals surface area contributed by atoms with Gasteiger partial charge in [0.25, 0.3) is 0 Å². The maximum atomic E-state index is 14.1. The summed E-state index contributed by atoms with van der Waals surface area (Å²) in [6.07, 6.45) is 5.52. The lowest BCUT2D eigenvalue weighted by atomic mass is 9.82. The summed E-state index contributed by atoms with van der Waals surface area (Å²) in [5.41, 5.74) is 3.13. The molecule has 1 aliphatic heterocycles. The van der Waals surface area contributed by atoms with Gasteiger partial charge in [0.1, 0.15) is 12.1 Å². The number of nitrogens with zero attached hydrogens (tertiary/aromatic N) is 2. The molecule has 2 aromatic rings. The van der Waals surface area contributed by atoms with Gasteiger partial charge in [-0.25, -0.2) is 13.4 Å². The van der Waals surface area contributed by atoms with Crippen molar-refractivity contribution in [2.24, 2.45) is 17.8 Å². The first-order valence-corrected chi connectivity index (χ1v) is 20.3. The number of aliphatic hydroxyl groups is 2. The van der Waals surface area contributed by atoms with Crippen molar-refractivity contribution in [3.05, 3.63) is 52.5 Å². The number of rotatable bonds is 17. The molecular formula is C36H56N4O6S2. The highest BCUT2D eigenvalue weighted by molar-refractivity contribution is 7.92. The molecule has 0 bridgehead atoms. The molecule has 2 aliphatic rings. The van der Waals surface area contributed by atoms with Gasteiger partial charge in [0.05, 0.1) is 40.3 Å². The van der Waals surface area contributed by atoms with Gasteiger partial charge in [-0.3, -0.25) is 9.59 Å². The van der Waals surface area contributed by atoms with Crippen molar-refractivity contribution in [1.29, 1.82) is 0 Å². The van der Waals surface area contributed by atoms with Crippen LogP contribution in [0.1, 0.15) is 82.9 Å². The third-order valence-corrected chi connectivity index (χ3v) is 13.0. The smallest absolute Gasteiger partial charge is 0.243 e. The van der Waals surface area contributed by atoms with E-state index < -0.39 is 57.1 Å². The lowest BCUT2D eigenvalue weighted by Crippen LogP contribution is -2.56. The molecule has 0 spiro atoms. The third kappa shape index (κ3) is 11.9. The number of piperidine rings is 1. The van der Waals surface area contributed by atoms with Gasteiger partial charge in [0.2, 0.25) is 11.8 Å². The minimum Gasteiger partial charge on any atom is -0.390 e. The maximum absolute atomic E-state index is 14.1. The normalized spacial score (nSPS) is 20.1. The molecule has 5 atom stereocenters. The average molecular weight is 705 g/mol. The first-order valence-electron chi connectivity index (χ1n) is 17.7. The van der Waals surface area contributed by atoms with Gasteiger partial charge in [0, 0.05) is 11.8 Å². The van der Waals surface area contributed by atoms with E-state index in [0.29, 0.717) is 50.4 Å². The SMILES string of the molecule is CC(C)C[C@H](O)[C@H](O)[C@H](CC1CCCCC1)NC(=O)[C@H](Cc1cscn1)NC(=O)[C@H](Cc1ccccc1)CS(=O)(=O)C1CCN(C)CC1. The van der Waals surface area contributed by atoms with Crippen molar-refractivity contribution in [2.45, 2.75) is 114 Å². The molecule has 268 valence electrons. The molecule has 1 aromatic heterocycles. The number of thiazole rings is 1. The Kier molecular flexibility index (Phi) is 14.9. The van der Waals surface area contributed by atoms with E-state index in [2.05, 4.69) is 20.5 Å². The van der Waals surface area contributed by atoms with E-state index >= 15 is 0 Å². The number of carbonyl (C=O) groups is 2. The van der Waals surface area contributed by atoms with Crippen molar-refractivity contribution in [3.63, 3.8) is 0 Å². The highest BCUT2D eigenvalue weighted by atomic mass is 32.2. The summed E-state index contributed by atoms with van der Waals surface area (Å²) >= 11 is 1.38. The number of aromatic nitrogens is 1. The van der Waals surface area contributed by atoms with Crippen LogP contribution in [0.5, 0.6) is 0 Å². The second kappa shape index (κ2) is 18.6. The average Bonchev–Trinajstić information content (AvgIpc) is 3.57. The number of sulfone groups is 1. The lowest BCUT2D eigenvalue weighted by molar-refractivity contribution is -0.132. The Labute approximate surface area is 291 Å². The fourth-order valence-electron chi connectivity index (χ4n) is 7.17. The lowest BCUT2D eigenvalue weighted by Gasteiger charge is -2.34. The van der Waals surface area contributed by atoms with E-state index in [0.717, 1.165) is 31.2 Å². The topological polar surface area (TPSA) is 149 Å². The van der Waals surface area contributed by atoms with Gasteiger partial charge in [-0.15, -0.1) is 11.3 Å². The number of benzene rings is 1. The number of hydrogen-bond acceptors (Lipinski definition) is 9. The quantitative estimate of drug-likeness (QED) is 0.195. The van der Waals surface area contributed by atoms with Crippen LogP contribution in [0.4, 0.5) is 0 Å². The number of nitrogens with one attached hydrogen (secondary N) is 2. The van der Waals surface area contributed by atoms with Crippen molar-refractivity contribution >= 4 is 33.0 Å². The van der Waals surface area contributed by atoms with Crippen LogP contribution in [0.3, 0.4) is 0 Å². The van der Waals surface area contributed by atoms with Crippen molar-refractivity contribution in [2.75, 3.05) is 25.9 Å². The minimum atomic E-state index is -3.60. The summed E-state index contributed by atoms with van der Waals surface area (Å²) in [5, 5.41) is 29.5. The molecule has 1 saturated heterocycles. The molecule has 1 aromatic carbocycles. The summed E-state index contributed by atoms with van der Waals surface area (Å²) in [6, 6.07) is 7.60. The van der Waals surface area contributed by atoms with E-state index in [1.807, 2.05) is 56.6 Å². The molecule has 1 saturated carbocycles. The Morgan fingerprint density at radius 1 is 0.979 bits per heavy atom. The van der Waals surface area contributed by atoms with E-state index in [4.69, 9.17) is 0 Å². The summed E-state index contributed by atoms with van der Waals surface area (Å²) in [5.74, 6) is -1.72. The number of amides is 2. The summed E-state index contributed by atoms with van der Waals surface area (Å²) < 4.78 is 27.4. The van der Waals surface area contributed by atoms with Gasteiger partial charge in [-0.2, -0.15) is 0 Å². The molecule has 2 amide bonds. The van der Waals surface area contributed by atoms with Crippen LogP contribution in [-0.2, 0) is 32.3 Å². The molecule has 2 fully saturated rings.